The molecule has 3 saturated heterocycles. The van der Waals surface area contributed by atoms with Crippen LogP contribution in [0.1, 0.15) is 85.0 Å². The zero-order valence-electron chi connectivity index (χ0n) is 34.4. The van der Waals surface area contributed by atoms with Gasteiger partial charge in [-0.2, -0.15) is 0 Å². The number of aliphatic hydroxyl groups excluding tert-OH is 7. The Labute approximate surface area is 344 Å². The summed E-state index contributed by atoms with van der Waals surface area (Å²) < 4.78 is 47.2. The number of carbonyl (C=O) groups is 2. The molecule has 8 unspecified atom stereocenters. The molecule has 4 heterocycles. The standard InChI is InChI=1S/C42H64O17/c1-19-36(59-38-35(50)33(48)31(46)26(58-38)18-54-37-34(49)32(47)30(45)25(16-43)57-37)24(52-4)15-29(55-19)56-22-6-9-40(2)21(14-22)5-11-42-12-7-23(20-13-28(44)53-17-20)41(3,39(42)51)10-8-27(40)42/h13,19,21-27,29-38,43,45-50H,5-12,14-18H2,1-4H3/t19-,21?,22?,23?,24-,25-,26-,27?,29?,30-,31-,32+,33+,34-,35-,36+,37-,38+,40?,41?,42?/m1/s1. The summed E-state index contributed by atoms with van der Waals surface area (Å²) in [7, 11) is 1.54. The molecule has 0 aromatic rings. The van der Waals surface area contributed by atoms with E-state index >= 15 is 0 Å². The van der Waals surface area contributed by atoms with E-state index in [-0.39, 0.29) is 28.8 Å². The molecule has 7 N–H and O–H groups in total. The van der Waals surface area contributed by atoms with Gasteiger partial charge in [-0.15, -0.1) is 0 Å². The monoisotopic (exact) mass is 840 g/mol. The Hall–Kier alpha value is -1.68. The van der Waals surface area contributed by atoms with Gasteiger partial charge < -0.3 is 73.6 Å². The molecule has 4 aliphatic carbocycles. The van der Waals surface area contributed by atoms with Crippen molar-refractivity contribution in [3.8, 4) is 0 Å². The van der Waals surface area contributed by atoms with E-state index in [2.05, 4.69) is 13.8 Å². The molecule has 17 heteroatoms. The van der Waals surface area contributed by atoms with E-state index in [4.69, 9.17) is 37.9 Å². The maximum atomic E-state index is 14.6. The predicted molar refractivity (Wildman–Crippen MR) is 201 cm³/mol. The fraction of sp³-hybridized carbons (Fsp3) is 0.905. The highest BCUT2D eigenvalue weighted by molar-refractivity contribution is 5.93. The van der Waals surface area contributed by atoms with Gasteiger partial charge in [0.05, 0.1) is 31.5 Å². The lowest BCUT2D eigenvalue weighted by Gasteiger charge is -2.66. The molecule has 2 bridgehead atoms. The number of fused-ring (bicyclic) bond motifs is 3. The van der Waals surface area contributed by atoms with Crippen LogP contribution in [0.4, 0.5) is 0 Å². The molecule has 334 valence electrons. The van der Waals surface area contributed by atoms with Gasteiger partial charge in [0, 0.05) is 30.4 Å². The Balaban J connectivity index is 0.863. The van der Waals surface area contributed by atoms with Crippen molar-refractivity contribution in [2.45, 2.75) is 177 Å². The minimum Gasteiger partial charge on any atom is -0.458 e. The topological polar surface area (TPSA) is 250 Å². The van der Waals surface area contributed by atoms with Crippen LogP contribution in [-0.4, -0.2) is 167 Å². The van der Waals surface area contributed by atoms with Crippen LogP contribution >= 0.6 is 0 Å². The number of cyclic esters (lactones) is 1. The number of esters is 1. The van der Waals surface area contributed by atoms with Crippen LogP contribution in [0.5, 0.6) is 0 Å². The molecule has 17 nitrogen and oxygen atoms in total. The molecule has 8 rings (SSSR count). The van der Waals surface area contributed by atoms with Crippen LogP contribution in [-0.2, 0) is 47.5 Å². The number of hydrogen-bond acceptors (Lipinski definition) is 17. The molecule has 21 atom stereocenters. The second-order valence-corrected chi connectivity index (χ2v) is 19.1. The highest BCUT2D eigenvalue weighted by atomic mass is 16.8. The Kier molecular flexibility index (Phi) is 12.5. The second-order valence-electron chi connectivity index (χ2n) is 19.1. The molecule has 59 heavy (non-hydrogen) atoms. The van der Waals surface area contributed by atoms with Gasteiger partial charge in [-0.1, -0.05) is 13.8 Å². The Morgan fingerprint density at radius 3 is 2.17 bits per heavy atom. The third kappa shape index (κ3) is 7.55. The van der Waals surface area contributed by atoms with Crippen molar-refractivity contribution in [2.24, 2.45) is 34.0 Å². The van der Waals surface area contributed by atoms with Crippen LogP contribution in [0.15, 0.2) is 11.6 Å². The van der Waals surface area contributed by atoms with Crippen molar-refractivity contribution in [1.82, 2.24) is 0 Å². The Morgan fingerprint density at radius 1 is 0.780 bits per heavy atom. The van der Waals surface area contributed by atoms with Crippen LogP contribution in [0.25, 0.3) is 0 Å². The van der Waals surface area contributed by atoms with Crippen LogP contribution in [0.2, 0.25) is 0 Å². The lowest BCUT2D eigenvalue weighted by molar-refractivity contribution is -0.355. The van der Waals surface area contributed by atoms with Crippen molar-refractivity contribution in [3.63, 3.8) is 0 Å². The summed E-state index contributed by atoms with van der Waals surface area (Å²) in [6, 6.07) is 0. The highest BCUT2D eigenvalue weighted by Gasteiger charge is 2.68. The third-order valence-corrected chi connectivity index (χ3v) is 16.1. The van der Waals surface area contributed by atoms with Gasteiger partial charge in [0.15, 0.2) is 18.9 Å². The number of ketones is 1. The van der Waals surface area contributed by atoms with Gasteiger partial charge in [0.1, 0.15) is 67.3 Å². The first-order valence-corrected chi connectivity index (χ1v) is 21.6. The van der Waals surface area contributed by atoms with Gasteiger partial charge in [0.2, 0.25) is 0 Å². The number of carbonyl (C=O) groups excluding carboxylic acids is 2. The maximum Gasteiger partial charge on any atom is 0.331 e. The Bertz CT molecular complexity index is 1580. The summed E-state index contributed by atoms with van der Waals surface area (Å²) in [6.07, 6.45) is -7.97. The average Bonchev–Trinajstić information content (AvgIpc) is 3.64. The maximum absolute atomic E-state index is 14.6. The first kappa shape index (κ1) is 43.9. The molecule has 0 radical (unpaired) electrons. The van der Waals surface area contributed by atoms with Crippen LogP contribution in [0.3, 0.4) is 0 Å². The first-order chi connectivity index (χ1) is 28.0. The molecule has 8 aliphatic rings. The van der Waals surface area contributed by atoms with Crippen molar-refractivity contribution in [1.29, 1.82) is 0 Å². The second kappa shape index (κ2) is 16.8. The van der Waals surface area contributed by atoms with Crippen LogP contribution < -0.4 is 0 Å². The Morgan fingerprint density at radius 2 is 1.47 bits per heavy atom. The van der Waals surface area contributed by atoms with Crippen LogP contribution in [0, 0.1) is 34.0 Å². The predicted octanol–water partition coefficient (Wildman–Crippen LogP) is -0.00400. The largest absolute Gasteiger partial charge is 0.458 e. The van der Waals surface area contributed by atoms with Crippen molar-refractivity contribution in [3.05, 3.63) is 11.6 Å². The first-order valence-electron chi connectivity index (χ1n) is 21.6. The lowest BCUT2D eigenvalue weighted by atomic mass is 9.37. The van der Waals surface area contributed by atoms with Gasteiger partial charge >= 0.3 is 5.97 Å². The summed E-state index contributed by atoms with van der Waals surface area (Å²) in [5.41, 5.74) is 0.201. The fourth-order valence-corrected chi connectivity index (χ4v) is 12.7. The number of ether oxygens (including phenoxy) is 8. The van der Waals surface area contributed by atoms with Gasteiger partial charge in [-0.05, 0) is 93.5 Å². The highest BCUT2D eigenvalue weighted by Crippen LogP contribution is 2.70. The summed E-state index contributed by atoms with van der Waals surface area (Å²) in [5.74, 6) is 0.866. The van der Waals surface area contributed by atoms with E-state index in [0.717, 1.165) is 63.4 Å². The van der Waals surface area contributed by atoms with E-state index in [9.17, 15) is 45.3 Å². The molecule has 4 aliphatic heterocycles. The summed E-state index contributed by atoms with van der Waals surface area (Å²) in [6.45, 7) is 5.49. The third-order valence-electron chi connectivity index (χ3n) is 16.1. The molecule has 1 spiro atoms. The van der Waals surface area contributed by atoms with Crippen molar-refractivity contribution in [2.75, 3.05) is 26.9 Å². The minimum atomic E-state index is -1.71. The molecular weight excluding hydrogens is 776 g/mol. The summed E-state index contributed by atoms with van der Waals surface area (Å²) >= 11 is 0. The number of Topliss-reactive ketones (excluding diaryl/α,β-unsaturated/α-hetero) is 1. The van der Waals surface area contributed by atoms with Crippen molar-refractivity contribution < 1.29 is 83.2 Å². The quantitative estimate of drug-likeness (QED) is 0.113. The molecule has 0 aromatic carbocycles. The smallest absolute Gasteiger partial charge is 0.331 e. The molecule has 7 fully saturated rings. The van der Waals surface area contributed by atoms with Gasteiger partial charge in [-0.25, -0.2) is 4.79 Å². The van der Waals surface area contributed by atoms with E-state index in [1.165, 1.54) is 7.11 Å². The normalized spacial score (nSPS) is 52.6. The zero-order valence-corrected chi connectivity index (χ0v) is 34.4. The number of methoxy groups -OCH3 is 1. The zero-order chi connectivity index (χ0) is 42.2. The lowest BCUT2D eigenvalue weighted by Crippen LogP contribution is -2.64. The number of hydrogen-bond donors (Lipinski definition) is 7. The molecule has 0 amide bonds. The fourth-order valence-electron chi connectivity index (χ4n) is 12.7. The molecular formula is C42H64O17. The summed E-state index contributed by atoms with van der Waals surface area (Å²) in [5, 5.41) is 72.4. The molecule has 0 aromatic heterocycles. The SMILES string of the molecule is CO[C@@H]1CC(OC2CCC3(C)C(CCC45CCC(C6=CC(=O)OC6)C(C)(CCC43)C5=O)C2)O[C@H](C)[C@@H]1O[C@@H]1O[C@H](CO[C@@H]2O[C@H](CO)[C@@H](O)[C@H](O)[C@H]2O)[C@@H](O)[C@H](O)[C@H]1O. The number of rotatable bonds is 10. The number of aliphatic hydroxyl groups is 7. The average molecular weight is 841 g/mol. The van der Waals surface area contributed by atoms with E-state index in [1.807, 2.05) is 0 Å². The minimum absolute atomic E-state index is 0.0130. The van der Waals surface area contributed by atoms with E-state index in [0.29, 0.717) is 30.6 Å². The van der Waals surface area contributed by atoms with E-state index < -0.39 is 105 Å². The van der Waals surface area contributed by atoms with E-state index in [1.54, 1.807) is 13.0 Å². The molecule has 4 saturated carbocycles. The van der Waals surface area contributed by atoms with Crippen molar-refractivity contribution >= 4 is 11.8 Å². The van der Waals surface area contributed by atoms with Gasteiger partial charge in [-0.3, -0.25) is 4.79 Å². The van der Waals surface area contributed by atoms with Gasteiger partial charge in [0.25, 0.3) is 0 Å². The summed E-state index contributed by atoms with van der Waals surface area (Å²) in [4.78, 5) is 26.6.